The van der Waals surface area contributed by atoms with E-state index in [-0.39, 0.29) is 12.4 Å². The molecule has 0 saturated carbocycles. The van der Waals surface area contributed by atoms with Crippen LogP contribution in [0.1, 0.15) is 27.2 Å². The predicted octanol–water partition coefficient (Wildman–Crippen LogP) is -0.217. The molecule has 0 aliphatic rings. The molecule has 0 rings (SSSR count). The van der Waals surface area contributed by atoms with Crippen molar-refractivity contribution in [1.29, 1.82) is 5.41 Å². The molecule has 15 heavy (non-hydrogen) atoms. The Balaban J connectivity index is 4.21. The van der Waals surface area contributed by atoms with Crippen molar-refractivity contribution in [2.45, 2.75) is 27.2 Å². The molecule has 0 aliphatic heterocycles. The first-order valence-corrected chi connectivity index (χ1v) is 6.28. The van der Waals surface area contributed by atoms with Crippen LogP contribution in [0, 0.1) is 10.8 Å². The molecule has 0 spiro atoms. The zero-order valence-electron chi connectivity index (χ0n) is 9.42. The Kier molecular flexibility index (Phi) is 5.19. The fourth-order valence-corrected chi connectivity index (χ4v) is 1.78. The molecular weight excluding hydrogens is 216 g/mol. The van der Waals surface area contributed by atoms with Gasteiger partial charge in [-0.05, 0) is 6.42 Å². The van der Waals surface area contributed by atoms with Crippen LogP contribution in [0.15, 0.2) is 0 Å². The van der Waals surface area contributed by atoms with Gasteiger partial charge in [-0.15, -0.1) is 0 Å². The standard InChI is InChI=1S/C8H20N4O2S/c1-4-5-11-15(13,14)12-6-8(2,3)7(9)10/h11-12H,4-6H2,1-3H3,(H3,9,10). The maximum absolute atomic E-state index is 11.3. The molecule has 5 N–H and O–H groups in total. The minimum atomic E-state index is -3.46. The molecule has 6 nitrogen and oxygen atoms in total. The van der Waals surface area contributed by atoms with Gasteiger partial charge in [0.2, 0.25) is 0 Å². The van der Waals surface area contributed by atoms with Gasteiger partial charge < -0.3 is 5.73 Å². The minimum absolute atomic E-state index is 0.0410. The van der Waals surface area contributed by atoms with Crippen molar-refractivity contribution in [3.63, 3.8) is 0 Å². The Labute approximate surface area is 91.3 Å². The third-order valence-electron chi connectivity index (χ3n) is 1.98. The van der Waals surface area contributed by atoms with E-state index in [2.05, 4.69) is 9.44 Å². The van der Waals surface area contributed by atoms with E-state index in [0.717, 1.165) is 6.42 Å². The van der Waals surface area contributed by atoms with Crippen molar-refractivity contribution < 1.29 is 8.42 Å². The highest BCUT2D eigenvalue weighted by molar-refractivity contribution is 7.87. The van der Waals surface area contributed by atoms with Crippen molar-refractivity contribution >= 4 is 16.0 Å². The minimum Gasteiger partial charge on any atom is -0.387 e. The molecule has 0 heterocycles. The molecule has 0 aromatic rings. The normalized spacial score (nSPS) is 12.7. The predicted molar refractivity (Wildman–Crippen MR) is 60.9 cm³/mol. The van der Waals surface area contributed by atoms with Crippen molar-refractivity contribution in [3.8, 4) is 0 Å². The van der Waals surface area contributed by atoms with Gasteiger partial charge >= 0.3 is 0 Å². The van der Waals surface area contributed by atoms with Gasteiger partial charge in [-0.2, -0.15) is 8.42 Å². The van der Waals surface area contributed by atoms with Gasteiger partial charge in [0.05, 0.1) is 5.84 Å². The van der Waals surface area contributed by atoms with E-state index in [9.17, 15) is 8.42 Å². The zero-order valence-corrected chi connectivity index (χ0v) is 10.2. The largest absolute Gasteiger partial charge is 0.387 e. The lowest BCUT2D eigenvalue weighted by molar-refractivity contribution is 0.488. The summed E-state index contributed by atoms with van der Waals surface area (Å²) in [5.41, 5.74) is 4.66. The van der Waals surface area contributed by atoms with Crippen LogP contribution in [0.2, 0.25) is 0 Å². The highest BCUT2D eigenvalue weighted by atomic mass is 32.2. The van der Waals surface area contributed by atoms with Crippen LogP contribution in [0.4, 0.5) is 0 Å². The number of nitrogens with two attached hydrogens (primary N) is 1. The second kappa shape index (κ2) is 5.43. The molecular formula is C8H20N4O2S. The van der Waals surface area contributed by atoms with Gasteiger partial charge in [-0.3, -0.25) is 5.41 Å². The van der Waals surface area contributed by atoms with E-state index in [1.807, 2.05) is 6.92 Å². The van der Waals surface area contributed by atoms with Crippen LogP contribution in [-0.2, 0) is 10.2 Å². The summed E-state index contributed by atoms with van der Waals surface area (Å²) < 4.78 is 27.4. The van der Waals surface area contributed by atoms with Gasteiger partial charge in [0, 0.05) is 18.5 Å². The molecule has 0 fully saturated rings. The fraction of sp³-hybridized carbons (Fsp3) is 0.875. The summed E-state index contributed by atoms with van der Waals surface area (Å²) in [5.74, 6) is -0.0410. The molecule has 0 bridgehead atoms. The lowest BCUT2D eigenvalue weighted by Crippen LogP contribution is -2.45. The van der Waals surface area contributed by atoms with Crippen molar-refractivity contribution in [2.24, 2.45) is 11.1 Å². The van der Waals surface area contributed by atoms with Gasteiger partial charge in [-0.25, -0.2) is 9.44 Å². The Morgan fingerprint density at radius 2 is 1.93 bits per heavy atom. The van der Waals surface area contributed by atoms with E-state index in [1.165, 1.54) is 0 Å². The summed E-state index contributed by atoms with van der Waals surface area (Å²) in [6, 6.07) is 0. The summed E-state index contributed by atoms with van der Waals surface area (Å²) in [5, 5.41) is 7.27. The monoisotopic (exact) mass is 236 g/mol. The molecule has 0 aromatic heterocycles. The van der Waals surface area contributed by atoms with Gasteiger partial charge in [-0.1, -0.05) is 20.8 Å². The van der Waals surface area contributed by atoms with Crippen LogP contribution in [0.3, 0.4) is 0 Å². The molecule has 0 unspecified atom stereocenters. The molecule has 0 aliphatic carbocycles. The number of hydrogen-bond acceptors (Lipinski definition) is 3. The second-order valence-corrected chi connectivity index (χ2v) is 5.60. The van der Waals surface area contributed by atoms with E-state index in [1.54, 1.807) is 13.8 Å². The van der Waals surface area contributed by atoms with Gasteiger partial charge in [0.25, 0.3) is 10.2 Å². The Hall–Kier alpha value is -0.660. The fourth-order valence-electron chi connectivity index (χ4n) is 0.658. The SMILES string of the molecule is CCCNS(=O)(=O)NCC(C)(C)C(=N)N. The average molecular weight is 236 g/mol. The summed E-state index contributed by atoms with van der Waals surface area (Å²) in [6.07, 6.45) is 0.733. The summed E-state index contributed by atoms with van der Waals surface area (Å²) in [4.78, 5) is 0. The lowest BCUT2D eigenvalue weighted by atomic mass is 9.93. The van der Waals surface area contributed by atoms with E-state index >= 15 is 0 Å². The van der Waals surface area contributed by atoms with Gasteiger partial charge in [0.15, 0.2) is 0 Å². The maximum Gasteiger partial charge on any atom is 0.276 e. The maximum atomic E-state index is 11.3. The van der Waals surface area contributed by atoms with E-state index in [0.29, 0.717) is 6.54 Å². The van der Waals surface area contributed by atoms with Crippen LogP contribution < -0.4 is 15.2 Å². The first-order valence-electron chi connectivity index (χ1n) is 4.80. The second-order valence-electron chi connectivity index (χ2n) is 4.02. The number of nitrogens with one attached hydrogen (secondary N) is 3. The van der Waals surface area contributed by atoms with Crippen LogP contribution >= 0.6 is 0 Å². The van der Waals surface area contributed by atoms with Crippen molar-refractivity contribution in [3.05, 3.63) is 0 Å². The lowest BCUT2D eigenvalue weighted by Gasteiger charge is -2.23. The molecule has 0 amide bonds. The topological polar surface area (TPSA) is 108 Å². The first-order chi connectivity index (χ1) is 6.71. The first kappa shape index (κ1) is 14.3. The van der Waals surface area contributed by atoms with Crippen molar-refractivity contribution in [1.82, 2.24) is 9.44 Å². The third-order valence-corrected chi connectivity index (χ3v) is 3.08. The molecule has 90 valence electrons. The summed E-state index contributed by atoms with van der Waals surface area (Å²) in [6.45, 7) is 5.80. The third kappa shape index (κ3) is 5.71. The Morgan fingerprint density at radius 1 is 1.40 bits per heavy atom. The summed E-state index contributed by atoms with van der Waals surface area (Å²) >= 11 is 0. The highest BCUT2D eigenvalue weighted by Gasteiger charge is 2.23. The molecule has 0 saturated heterocycles. The van der Waals surface area contributed by atoms with Crippen LogP contribution in [-0.4, -0.2) is 27.3 Å². The summed E-state index contributed by atoms with van der Waals surface area (Å²) in [7, 11) is -3.46. The Bertz CT molecular complexity index is 311. The number of rotatable bonds is 7. The highest BCUT2D eigenvalue weighted by Crippen LogP contribution is 2.12. The quantitative estimate of drug-likeness (QED) is 0.362. The van der Waals surface area contributed by atoms with Crippen LogP contribution in [0.25, 0.3) is 0 Å². The van der Waals surface area contributed by atoms with E-state index in [4.69, 9.17) is 11.1 Å². The van der Waals surface area contributed by atoms with E-state index < -0.39 is 15.6 Å². The number of amidine groups is 1. The van der Waals surface area contributed by atoms with Crippen molar-refractivity contribution in [2.75, 3.05) is 13.1 Å². The van der Waals surface area contributed by atoms with Crippen LogP contribution in [0.5, 0.6) is 0 Å². The molecule has 0 radical (unpaired) electrons. The van der Waals surface area contributed by atoms with Gasteiger partial charge in [0.1, 0.15) is 0 Å². The Morgan fingerprint density at radius 3 is 2.33 bits per heavy atom. The smallest absolute Gasteiger partial charge is 0.276 e. The molecule has 7 heteroatoms. The molecule has 0 atom stereocenters. The molecule has 0 aromatic carbocycles. The zero-order chi connectivity index (χ0) is 12.1. The number of hydrogen-bond donors (Lipinski definition) is 4. The average Bonchev–Trinajstić information content (AvgIpc) is 2.12.